The van der Waals surface area contributed by atoms with Crippen LogP contribution >= 0.6 is 0 Å². The molecule has 0 aliphatic rings. The highest BCUT2D eigenvalue weighted by Gasteiger charge is 2.08. The van der Waals surface area contributed by atoms with Crippen LogP contribution in [0, 0.1) is 0 Å². The summed E-state index contributed by atoms with van der Waals surface area (Å²) in [7, 11) is 1.67. The number of hydrogen-bond acceptors (Lipinski definition) is 2. The summed E-state index contributed by atoms with van der Waals surface area (Å²) in [6, 6.07) is 13.4. The zero-order valence-corrected chi connectivity index (χ0v) is 11.0. The largest absolute Gasteiger partial charge is 0.508 e. The lowest BCUT2D eigenvalue weighted by molar-refractivity contribution is 0.416. The second-order valence-corrected chi connectivity index (χ2v) is 4.66. The Morgan fingerprint density at radius 3 is 2.22 bits per heavy atom. The minimum Gasteiger partial charge on any atom is -0.508 e. The number of benzene rings is 2. The van der Waals surface area contributed by atoms with Gasteiger partial charge in [0.2, 0.25) is 0 Å². The van der Waals surface area contributed by atoms with Gasteiger partial charge in [0, 0.05) is 5.56 Å². The van der Waals surface area contributed by atoms with Gasteiger partial charge in [0.05, 0.1) is 7.11 Å². The minimum absolute atomic E-state index is 0.276. The number of aromatic hydroxyl groups is 1. The van der Waals surface area contributed by atoms with E-state index >= 15 is 0 Å². The fourth-order valence-electron chi connectivity index (χ4n) is 1.95. The third-order valence-corrected chi connectivity index (χ3v) is 3.07. The van der Waals surface area contributed by atoms with Crippen molar-refractivity contribution < 1.29 is 9.84 Å². The summed E-state index contributed by atoms with van der Waals surface area (Å²) >= 11 is 0. The Labute approximate surface area is 108 Å². The highest BCUT2D eigenvalue weighted by molar-refractivity contribution is 5.71. The lowest BCUT2D eigenvalue weighted by atomic mass is 9.96. The molecule has 2 aromatic rings. The maximum atomic E-state index is 9.34. The van der Waals surface area contributed by atoms with Crippen molar-refractivity contribution in [3.05, 3.63) is 48.0 Å². The predicted octanol–water partition coefficient (Wildman–Crippen LogP) is 4.19. The maximum Gasteiger partial charge on any atom is 0.126 e. The first kappa shape index (κ1) is 12.5. The third-order valence-electron chi connectivity index (χ3n) is 3.07. The molecule has 0 aromatic heterocycles. The van der Waals surface area contributed by atoms with Gasteiger partial charge in [-0.1, -0.05) is 32.0 Å². The van der Waals surface area contributed by atoms with Crippen LogP contribution in [0.5, 0.6) is 11.5 Å². The van der Waals surface area contributed by atoms with Gasteiger partial charge in [-0.2, -0.15) is 0 Å². The van der Waals surface area contributed by atoms with E-state index in [-0.39, 0.29) is 5.75 Å². The molecule has 18 heavy (non-hydrogen) atoms. The number of hydrogen-bond donors (Lipinski definition) is 1. The molecule has 0 aliphatic heterocycles. The molecule has 0 saturated carbocycles. The van der Waals surface area contributed by atoms with Crippen molar-refractivity contribution in [2.45, 2.75) is 19.8 Å². The molecule has 1 N–H and O–H groups in total. The molecule has 0 radical (unpaired) electrons. The zero-order valence-electron chi connectivity index (χ0n) is 11.0. The summed E-state index contributed by atoms with van der Waals surface area (Å²) in [5, 5.41) is 9.34. The van der Waals surface area contributed by atoms with Crippen molar-refractivity contribution in [3.8, 4) is 22.6 Å². The van der Waals surface area contributed by atoms with Crippen LogP contribution in [0.4, 0.5) is 0 Å². The summed E-state index contributed by atoms with van der Waals surface area (Å²) in [5.41, 5.74) is 3.38. The van der Waals surface area contributed by atoms with E-state index in [0.29, 0.717) is 5.92 Å². The van der Waals surface area contributed by atoms with E-state index in [1.54, 1.807) is 19.2 Å². The molecule has 0 heterocycles. The fraction of sp³-hybridized carbons (Fsp3) is 0.250. The molecule has 2 nitrogen and oxygen atoms in total. The quantitative estimate of drug-likeness (QED) is 0.874. The topological polar surface area (TPSA) is 29.5 Å². The van der Waals surface area contributed by atoms with Crippen LogP contribution < -0.4 is 4.74 Å². The SMILES string of the molecule is COc1ccc(C(C)C)cc1-c1ccc(O)cc1. The molecule has 2 aromatic carbocycles. The number of methoxy groups -OCH3 is 1. The molecule has 0 fully saturated rings. The van der Waals surface area contributed by atoms with Crippen LogP contribution in [0.3, 0.4) is 0 Å². The van der Waals surface area contributed by atoms with Gasteiger partial charge in [-0.15, -0.1) is 0 Å². The highest BCUT2D eigenvalue weighted by Crippen LogP contribution is 2.33. The summed E-state index contributed by atoms with van der Waals surface area (Å²) in [6.07, 6.45) is 0. The van der Waals surface area contributed by atoms with E-state index in [1.165, 1.54) is 5.56 Å². The second kappa shape index (κ2) is 5.13. The van der Waals surface area contributed by atoms with Crippen LogP contribution in [-0.2, 0) is 0 Å². The Kier molecular flexibility index (Phi) is 3.56. The summed E-state index contributed by atoms with van der Waals surface area (Å²) in [5.74, 6) is 1.61. The monoisotopic (exact) mass is 242 g/mol. The number of phenols is 1. The molecule has 0 unspecified atom stereocenters. The number of ether oxygens (including phenoxy) is 1. The van der Waals surface area contributed by atoms with Gasteiger partial charge in [-0.25, -0.2) is 0 Å². The van der Waals surface area contributed by atoms with Gasteiger partial charge in [0.1, 0.15) is 11.5 Å². The smallest absolute Gasteiger partial charge is 0.126 e. The zero-order chi connectivity index (χ0) is 13.1. The van der Waals surface area contributed by atoms with Crippen molar-refractivity contribution in [2.75, 3.05) is 7.11 Å². The molecule has 0 spiro atoms. The van der Waals surface area contributed by atoms with E-state index in [4.69, 9.17) is 4.74 Å². The minimum atomic E-state index is 0.276. The molecule has 0 atom stereocenters. The normalized spacial score (nSPS) is 10.7. The van der Waals surface area contributed by atoms with Gasteiger partial charge in [0.15, 0.2) is 0 Å². The highest BCUT2D eigenvalue weighted by atomic mass is 16.5. The molecule has 2 rings (SSSR count). The lowest BCUT2D eigenvalue weighted by Gasteiger charge is -2.13. The van der Waals surface area contributed by atoms with E-state index in [9.17, 15) is 5.11 Å². The molecule has 0 saturated heterocycles. The molecule has 0 aliphatic carbocycles. The van der Waals surface area contributed by atoms with Gasteiger partial charge in [-0.3, -0.25) is 0 Å². The van der Waals surface area contributed by atoms with Gasteiger partial charge in [0.25, 0.3) is 0 Å². The average molecular weight is 242 g/mol. The van der Waals surface area contributed by atoms with E-state index < -0.39 is 0 Å². The summed E-state index contributed by atoms with van der Waals surface area (Å²) in [6.45, 7) is 4.34. The van der Waals surface area contributed by atoms with Crippen molar-refractivity contribution in [2.24, 2.45) is 0 Å². The Balaban J connectivity index is 2.53. The lowest BCUT2D eigenvalue weighted by Crippen LogP contribution is -1.92. The van der Waals surface area contributed by atoms with Crippen LogP contribution in [0.2, 0.25) is 0 Å². The average Bonchev–Trinajstić information content (AvgIpc) is 2.39. The molecular formula is C16H18O2. The first-order valence-electron chi connectivity index (χ1n) is 6.09. The molecule has 94 valence electrons. The maximum absolute atomic E-state index is 9.34. The molecule has 2 heteroatoms. The van der Waals surface area contributed by atoms with Crippen molar-refractivity contribution >= 4 is 0 Å². The summed E-state index contributed by atoms with van der Waals surface area (Å²) < 4.78 is 5.40. The first-order valence-corrected chi connectivity index (χ1v) is 6.09. The summed E-state index contributed by atoms with van der Waals surface area (Å²) in [4.78, 5) is 0. The standard InChI is InChI=1S/C16H18O2/c1-11(2)13-6-9-16(18-3)15(10-13)12-4-7-14(17)8-5-12/h4-11,17H,1-3H3. The van der Waals surface area contributed by atoms with Gasteiger partial charge in [-0.05, 0) is 41.3 Å². The van der Waals surface area contributed by atoms with E-state index in [0.717, 1.165) is 16.9 Å². The van der Waals surface area contributed by atoms with Crippen molar-refractivity contribution in [1.29, 1.82) is 0 Å². The molecule has 0 amide bonds. The Morgan fingerprint density at radius 1 is 1.00 bits per heavy atom. The van der Waals surface area contributed by atoms with E-state index in [1.807, 2.05) is 18.2 Å². The van der Waals surface area contributed by atoms with Gasteiger partial charge < -0.3 is 9.84 Å². The Hall–Kier alpha value is -1.96. The van der Waals surface area contributed by atoms with Crippen molar-refractivity contribution in [1.82, 2.24) is 0 Å². The molecular weight excluding hydrogens is 224 g/mol. The molecule has 0 bridgehead atoms. The number of rotatable bonds is 3. The number of phenolic OH excluding ortho intramolecular Hbond substituents is 1. The van der Waals surface area contributed by atoms with Crippen LogP contribution in [-0.4, -0.2) is 12.2 Å². The Morgan fingerprint density at radius 2 is 1.67 bits per heavy atom. The Bertz CT molecular complexity index is 527. The van der Waals surface area contributed by atoms with Crippen molar-refractivity contribution in [3.63, 3.8) is 0 Å². The van der Waals surface area contributed by atoms with Gasteiger partial charge >= 0.3 is 0 Å². The third kappa shape index (κ3) is 2.48. The van der Waals surface area contributed by atoms with Crippen LogP contribution in [0.15, 0.2) is 42.5 Å². The fourth-order valence-corrected chi connectivity index (χ4v) is 1.95. The predicted molar refractivity (Wildman–Crippen MR) is 74.2 cm³/mol. The first-order chi connectivity index (χ1) is 8.61. The second-order valence-electron chi connectivity index (χ2n) is 4.66. The van der Waals surface area contributed by atoms with Crippen LogP contribution in [0.1, 0.15) is 25.3 Å². The van der Waals surface area contributed by atoms with E-state index in [2.05, 4.69) is 26.0 Å². The van der Waals surface area contributed by atoms with Crippen LogP contribution in [0.25, 0.3) is 11.1 Å².